The highest BCUT2D eigenvalue weighted by molar-refractivity contribution is 7.89. The summed E-state index contributed by atoms with van der Waals surface area (Å²) < 4.78 is 27.4. The lowest BCUT2D eigenvalue weighted by Gasteiger charge is -2.16. The number of likely N-dealkylation sites (tertiary alicyclic amines) is 1. The third-order valence-corrected chi connectivity index (χ3v) is 5.85. The van der Waals surface area contributed by atoms with E-state index in [1.54, 1.807) is 12.1 Å². The second-order valence-electron chi connectivity index (χ2n) is 7.01. The number of hydrogen-bond donors (Lipinski definition) is 1. The van der Waals surface area contributed by atoms with Crippen molar-refractivity contribution in [2.24, 2.45) is 17.0 Å². The summed E-state index contributed by atoms with van der Waals surface area (Å²) in [6, 6.07) is 7.11. The van der Waals surface area contributed by atoms with Crippen LogP contribution in [0.25, 0.3) is 10.4 Å². The lowest BCUT2D eigenvalue weighted by Crippen LogP contribution is -2.34. The Hall–Kier alpha value is -1.60. The van der Waals surface area contributed by atoms with Crippen LogP contribution in [0.3, 0.4) is 0 Å². The molecule has 0 bridgehead atoms. The van der Waals surface area contributed by atoms with E-state index in [0.29, 0.717) is 36.4 Å². The molecular weight excluding hydrogens is 338 g/mol. The van der Waals surface area contributed by atoms with Gasteiger partial charge in [-0.05, 0) is 54.4 Å². The number of rotatable bonds is 9. The van der Waals surface area contributed by atoms with Gasteiger partial charge in [0.15, 0.2) is 0 Å². The van der Waals surface area contributed by atoms with Crippen LogP contribution in [0.4, 0.5) is 0 Å². The largest absolute Gasteiger partial charge is 0.302 e. The quantitative estimate of drug-likeness (QED) is 0.414. The van der Waals surface area contributed by atoms with Gasteiger partial charge in [-0.1, -0.05) is 31.1 Å². The molecule has 138 valence electrons. The fourth-order valence-corrected chi connectivity index (χ4v) is 4.14. The van der Waals surface area contributed by atoms with Crippen LogP contribution < -0.4 is 4.72 Å². The molecule has 0 radical (unpaired) electrons. The molecule has 1 aliphatic heterocycles. The average Bonchev–Trinajstić information content (AvgIpc) is 3.00. The summed E-state index contributed by atoms with van der Waals surface area (Å²) in [5.41, 5.74) is 9.51. The fraction of sp³-hybridized carbons (Fsp3) is 0.647. The van der Waals surface area contributed by atoms with Crippen molar-refractivity contribution in [3.63, 3.8) is 0 Å². The van der Waals surface area contributed by atoms with Crippen LogP contribution in [0.15, 0.2) is 34.3 Å². The maximum atomic E-state index is 12.4. The number of benzene rings is 1. The highest BCUT2D eigenvalue weighted by Gasteiger charge is 2.22. The van der Waals surface area contributed by atoms with Crippen LogP contribution in [0.1, 0.15) is 25.8 Å². The van der Waals surface area contributed by atoms with Gasteiger partial charge in [-0.3, -0.25) is 0 Å². The van der Waals surface area contributed by atoms with Gasteiger partial charge in [0, 0.05) is 31.1 Å². The lowest BCUT2D eigenvalue weighted by molar-refractivity contribution is 0.330. The van der Waals surface area contributed by atoms with Crippen molar-refractivity contribution < 1.29 is 8.42 Å². The minimum atomic E-state index is -3.47. The summed E-state index contributed by atoms with van der Waals surface area (Å²) in [6.07, 6.45) is 1.93. The summed E-state index contributed by atoms with van der Waals surface area (Å²) in [5, 5.41) is 3.61. The number of nitrogens with zero attached hydrogens (tertiary/aromatic N) is 4. The number of hydrogen-bond acceptors (Lipinski definition) is 4. The molecule has 1 aromatic carbocycles. The molecule has 0 saturated carbocycles. The van der Waals surface area contributed by atoms with E-state index in [-0.39, 0.29) is 0 Å². The van der Waals surface area contributed by atoms with Gasteiger partial charge >= 0.3 is 0 Å². The summed E-state index contributed by atoms with van der Waals surface area (Å²) in [6.45, 7) is 7.61. The minimum absolute atomic E-state index is 0.308. The van der Waals surface area contributed by atoms with Crippen molar-refractivity contribution in [2.45, 2.75) is 31.6 Å². The van der Waals surface area contributed by atoms with Crippen LogP contribution in [-0.2, 0) is 16.4 Å². The Bertz CT molecular complexity index is 696. The Morgan fingerprint density at radius 3 is 2.72 bits per heavy atom. The van der Waals surface area contributed by atoms with Gasteiger partial charge in [-0.15, -0.1) is 0 Å². The van der Waals surface area contributed by atoms with E-state index < -0.39 is 10.0 Å². The standard InChI is InChI=1S/C17H27N5O2S/c1-14(2)11-15-3-5-17(6-4-15)25(23,24)20-8-10-22-9-7-16(13-22)12-19-21-18/h3-6,14,16,20H,7-13H2,1-2H3. The maximum absolute atomic E-state index is 12.4. The number of nitrogens with one attached hydrogen (secondary N) is 1. The van der Waals surface area contributed by atoms with E-state index >= 15 is 0 Å². The van der Waals surface area contributed by atoms with Crippen LogP contribution in [-0.4, -0.2) is 46.0 Å². The SMILES string of the molecule is CC(C)Cc1ccc(S(=O)(=O)NCCN2CCC(CN=[N+]=[N-])C2)cc1. The molecule has 0 aliphatic carbocycles. The smallest absolute Gasteiger partial charge is 0.240 e. The molecule has 1 N–H and O–H groups in total. The first kappa shape index (κ1) is 19.7. The number of sulfonamides is 1. The lowest BCUT2D eigenvalue weighted by atomic mass is 10.0. The Morgan fingerprint density at radius 2 is 2.08 bits per heavy atom. The highest BCUT2D eigenvalue weighted by Crippen LogP contribution is 2.16. The molecule has 1 aromatic rings. The Morgan fingerprint density at radius 1 is 1.36 bits per heavy atom. The zero-order chi connectivity index (χ0) is 18.3. The van der Waals surface area contributed by atoms with Gasteiger partial charge in [0.1, 0.15) is 0 Å². The summed E-state index contributed by atoms with van der Waals surface area (Å²) in [4.78, 5) is 5.30. The molecule has 8 heteroatoms. The van der Waals surface area contributed by atoms with Gasteiger partial charge in [0.25, 0.3) is 0 Å². The van der Waals surface area contributed by atoms with Crippen molar-refractivity contribution >= 4 is 10.0 Å². The van der Waals surface area contributed by atoms with Crippen LogP contribution in [0.2, 0.25) is 0 Å². The van der Waals surface area contributed by atoms with Gasteiger partial charge in [-0.25, -0.2) is 13.1 Å². The summed E-state index contributed by atoms with van der Waals surface area (Å²) in [7, 11) is -3.47. The second kappa shape index (κ2) is 9.20. The molecule has 1 fully saturated rings. The first-order chi connectivity index (χ1) is 11.9. The van der Waals surface area contributed by atoms with Gasteiger partial charge in [0.05, 0.1) is 4.90 Å². The van der Waals surface area contributed by atoms with Crippen LogP contribution in [0, 0.1) is 11.8 Å². The van der Waals surface area contributed by atoms with E-state index in [9.17, 15) is 8.42 Å². The third-order valence-electron chi connectivity index (χ3n) is 4.37. The average molecular weight is 366 g/mol. The molecule has 0 amide bonds. The second-order valence-corrected chi connectivity index (χ2v) is 8.78. The number of azide groups is 1. The maximum Gasteiger partial charge on any atom is 0.240 e. The first-order valence-corrected chi connectivity index (χ1v) is 10.2. The molecule has 0 aromatic heterocycles. The molecule has 1 saturated heterocycles. The molecule has 0 spiro atoms. The molecule has 1 heterocycles. The molecule has 1 aliphatic rings. The van der Waals surface area contributed by atoms with Crippen LogP contribution in [0.5, 0.6) is 0 Å². The Labute approximate surface area is 150 Å². The van der Waals surface area contributed by atoms with Crippen molar-refractivity contribution in [3.8, 4) is 0 Å². The van der Waals surface area contributed by atoms with Gasteiger partial charge < -0.3 is 4.90 Å². The van der Waals surface area contributed by atoms with E-state index in [0.717, 1.165) is 31.5 Å². The van der Waals surface area contributed by atoms with Crippen molar-refractivity contribution in [1.82, 2.24) is 9.62 Å². The predicted octanol–water partition coefficient (Wildman–Crippen LogP) is 2.80. The van der Waals surface area contributed by atoms with Gasteiger partial charge in [-0.2, -0.15) is 0 Å². The van der Waals surface area contributed by atoms with E-state index in [1.165, 1.54) is 0 Å². The fourth-order valence-electron chi connectivity index (χ4n) is 3.11. The molecule has 2 rings (SSSR count). The molecule has 25 heavy (non-hydrogen) atoms. The zero-order valence-electron chi connectivity index (χ0n) is 14.9. The van der Waals surface area contributed by atoms with Crippen molar-refractivity contribution in [2.75, 3.05) is 32.7 Å². The zero-order valence-corrected chi connectivity index (χ0v) is 15.7. The molecular formula is C17H27N5O2S. The Kier molecular flexibility index (Phi) is 7.25. The summed E-state index contributed by atoms with van der Waals surface area (Å²) in [5.74, 6) is 0.921. The monoisotopic (exact) mass is 365 g/mol. The van der Waals surface area contributed by atoms with E-state index in [2.05, 4.69) is 33.5 Å². The van der Waals surface area contributed by atoms with Crippen molar-refractivity contribution in [3.05, 3.63) is 40.3 Å². The van der Waals surface area contributed by atoms with Crippen molar-refractivity contribution in [1.29, 1.82) is 0 Å². The van der Waals surface area contributed by atoms with E-state index in [4.69, 9.17) is 5.53 Å². The minimum Gasteiger partial charge on any atom is -0.302 e. The molecule has 7 nitrogen and oxygen atoms in total. The molecule has 1 unspecified atom stereocenters. The summed E-state index contributed by atoms with van der Waals surface area (Å²) >= 11 is 0. The van der Waals surface area contributed by atoms with Crippen LogP contribution >= 0.6 is 0 Å². The first-order valence-electron chi connectivity index (χ1n) is 8.72. The highest BCUT2D eigenvalue weighted by atomic mass is 32.2. The molecule has 1 atom stereocenters. The third kappa shape index (κ3) is 6.32. The predicted molar refractivity (Wildman–Crippen MR) is 98.7 cm³/mol. The topological polar surface area (TPSA) is 98.2 Å². The van der Waals surface area contributed by atoms with Gasteiger partial charge in [0.2, 0.25) is 10.0 Å². The Balaban J connectivity index is 1.80. The normalized spacial score (nSPS) is 18.4. The van der Waals surface area contributed by atoms with E-state index in [1.807, 2.05) is 12.1 Å².